The van der Waals surface area contributed by atoms with Crippen molar-refractivity contribution >= 4 is 17.6 Å². The summed E-state index contributed by atoms with van der Waals surface area (Å²) in [6, 6.07) is 4.58. The van der Waals surface area contributed by atoms with Crippen LogP contribution in [0.4, 0.5) is 10.5 Å². The molecule has 0 bridgehead atoms. The molecule has 3 amide bonds. The Morgan fingerprint density at radius 1 is 1.38 bits per heavy atom. The van der Waals surface area contributed by atoms with Crippen LogP contribution >= 0.6 is 0 Å². The van der Waals surface area contributed by atoms with Crippen LogP contribution in [-0.4, -0.2) is 31.2 Å². The molecule has 0 unspecified atom stereocenters. The summed E-state index contributed by atoms with van der Waals surface area (Å²) in [7, 11) is 0. The van der Waals surface area contributed by atoms with E-state index in [1.54, 1.807) is 25.1 Å². The molecule has 6 heteroatoms. The van der Waals surface area contributed by atoms with Crippen LogP contribution in [0.2, 0.25) is 0 Å². The highest BCUT2D eigenvalue weighted by atomic mass is 16.5. The van der Waals surface area contributed by atoms with E-state index in [4.69, 9.17) is 10.5 Å². The van der Waals surface area contributed by atoms with E-state index >= 15 is 0 Å². The quantitative estimate of drug-likeness (QED) is 0.718. The zero-order valence-corrected chi connectivity index (χ0v) is 12.7. The summed E-state index contributed by atoms with van der Waals surface area (Å²) in [5.74, 6) is -0.490. The minimum Gasteiger partial charge on any atom is -0.377 e. The fourth-order valence-corrected chi connectivity index (χ4v) is 1.74. The summed E-state index contributed by atoms with van der Waals surface area (Å²) < 4.78 is 5.46. The summed E-state index contributed by atoms with van der Waals surface area (Å²) in [4.78, 5) is 22.9. The van der Waals surface area contributed by atoms with E-state index < -0.39 is 5.91 Å². The lowest BCUT2D eigenvalue weighted by Gasteiger charge is -2.15. The zero-order valence-electron chi connectivity index (χ0n) is 12.7. The van der Waals surface area contributed by atoms with Crippen molar-refractivity contribution in [3.63, 3.8) is 0 Å². The minimum absolute atomic E-state index is 0.0333. The van der Waals surface area contributed by atoms with E-state index in [0.717, 1.165) is 12.0 Å². The minimum atomic E-state index is -0.490. The SMILES string of the molecule is CCCO[C@@H](C)CNC(=O)Nc1ccc(C(N)=O)cc1C. The number of nitrogens with two attached hydrogens (primary N) is 1. The number of amides is 3. The van der Waals surface area contributed by atoms with Crippen molar-refractivity contribution in [2.24, 2.45) is 5.73 Å². The van der Waals surface area contributed by atoms with Crippen molar-refractivity contribution < 1.29 is 14.3 Å². The number of rotatable bonds is 7. The van der Waals surface area contributed by atoms with E-state index in [0.29, 0.717) is 24.4 Å². The van der Waals surface area contributed by atoms with Gasteiger partial charge in [0.1, 0.15) is 0 Å². The molecule has 116 valence electrons. The van der Waals surface area contributed by atoms with Crippen LogP contribution in [0.15, 0.2) is 18.2 Å². The highest BCUT2D eigenvalue weighted by Gasteiger charge is 2.08. The maximum Gasteiger partial charge on any atom is 0.319 e. The maximum absolute atomic E-state index is 11.8. The number of carbonyl (C=O) groups is 2. The molecule has 0 saturated heterocycles. The number of urea groups is 1. The Morgan fingerprint density at radius 2 is 2.10 bits per heavy atom. The number of hydrogen-bond acceptors (Lipinski definition) is 3. The van der Waals surface area contributed by atoms with E-state index in [9.17, 15) is 9.59 Å². The second kappa shape index (κ2) is 8.26. The third-order valence-corrected chi connectivity index (χ3v) is 2.92. The van der Waals surface area contributed by atoms with E-state index in [2.05, 4.69) is 10.6 Å². The fraction of sp³-hybridized carbons (Fsp3) is 0.467. The van der Waals surface area contributed by atoms with Gasteiger partial charge in [-0.2, -0.15) is 0 Å². The summed E-state index contributed by atoms with van der Waals surface area (Å²) in [6.07, 6.45) is 0.913. The van der Waals surface area contributed by atoms with E-state index in [1.165, 1.54) is 0 Å². The van der Waals surface area contributed by atoms with Crippen molar-refractivity contribution in [3.05, 3.63) is 29.3 Å². The molecule has 0 saturated carbocycles. The number of hydrogen-bond donors (Lipinski definition) is 3. The number of benzene rings is 1. The van der Waals surface area contributed by atoms with E-state index in [1.807, 2.05) is 13.8 Å². The van der Waals surface area contributed by atoms with Gasteiger partial charge in [-0.05, 0) is 44.0 Å². The second-order valence-electron chi connectivity index (χ2n) is 4.91. The van der Waals surface area contributed by atoms with E-state index in [-0.39, 0.29) is 12.1 Å². The van der Waals surface area contributed by atoms with Crippen molar-refractivity contribution in [1.82, 2.24) is 5.32 Å². The van der Waals surface area contributed by atoms with Gasteiger partial charge in [-0.1, -0.05) is 6.92 Å². The number of nitrogens with one attached hydrogen (secondary N) is 2. The maximum atomic E-state index is 11.8. The number of ether oxygens (including phenoxy) is 1. The van der Waals surface area contributed by atoms with Crippen molar-refractivity contribution in [2.45, 2.75) is 33.3 Å². The van der Waals surface area contributed by atoms with Gasteiger partial charge in [0.15, 0.2) is 0 Å². The lowest BCUT2D eigenvalue weighted by Crippen LogP contribution is -2.35. The zero-order chi connectivity index (χ0) is 15.8. The van der Waals surface area contributed by atoms with Crippen molar-refractivity contribution in [2.75, 3.05) is 18.5 Å². The molecule has 0 aliphatic rings. The number of primary amides is 1. The Morgan fingerprint density at radius 3 is 2.67 bits per heavy atom. The van der Waals surface area contributed by atoms with Crippen LogP contribution in [0.25, 0.3) is 0 Å². The van der Waals surface area contributed by atoms with Gasteiger partial charge in [-0.15, -0.1) is 0 Å². The highest BCUT2D eigenvalue weighted by Crippen LogP contribution is 2.16. The lowest BCUT2D eigenvalue weighted by molar-refractivity contribution is 0.0682. The topological polar surface area (TPSA) is 93.4 Å². The predicted octanol–water partition coefficient (Wildman–Crippen LogP) is 2.03. The molecular formula is C15H23N3O3. The van der Waals surface area contributed by atoms with Crippen LogP contribution in [-0.2, 0) is 4.74 Å². The summed E-state index contributed by atoms with van der Waals surface area (Å²) in [5.41, 5.74) is 7.03. The van der Waals surface area contributed by atoms with Gasteiger partial charge in [0.05, 0.1) is 6.10 Å². The largest absolute Gasteiger partial charge is 0.377 e. The smallest absolute Gasteiger partial charge is 0.319 e. The summed E-state index contributed by atoms with van der Waals surface area (Å²) in [6.45, 7) is 6.85. The molecule has 6 nitrogen and oxygen atoms in total. The molecule has 0 radical (unpaired) electrons. The normalized spacial score (nSPS) is 11.8. The molecule has 1 aromatic rings. The molecule has 0 aliphatic heterocycles. The van der Waals surface area contributed by atoms with Gasteiger partial charge in [-0.3, -0.25) is 4.79 Å². The van der Waals surface area contributed by atoms with Crippen molar-refractivity contribution in [1.29, 1.82) is 0 Å². The standard InChI is InChI=1S/C15H23N3O3/c1-4-7-21-11(3)9-17-15(20)18-13-6-5-12(14(16)19)8-10(13)2/h5-6,8,11H,4,7,9H2,1-3H3,(H2,16,19)(H2,17,18,20)/t11-/m0/s1. The molecule has 0 aliphatic carbocycles. The highest BCUT2D eigenvalue weighted by molar-refractivity contribution is 5.95. The molecule has 1 aromatic carbocycles. The first-order chi connectivity index (χ1) is 9.93. The molecule has 1 rings (SSSR count). The lowest BCUT2D eigenvalue weighted by atomic mass is 10.1. The molecule has 0 aromatic heterocycles. The molecule has 1 atom stereocenters. The Labute approximate surface area is 125 Å². The molecule has 4 N–H and O–H groups in total. The predicted molar refractivity (Wildman–Crippen MR) is 82.4 cm³/mol. The third kappa shape index (κ3) is 5.83. The first-order valence-corrected chi connectivity index (χ1v) is 7.01. The van der Waals surface area contributed by atoms with Gasteiger partial charge in [0.25, 0.3) is 0 Å². The monoisotopic (exact) mass is 293 g/mol. The van der Waals surface area contributed by atoms with Gasteiger partial charge < -0.3 is 21.1 Å². The summed E-state index contributed by atoms with van der Waals surface area (Å²) >= 11 is 0. The molecule has 21 heavy (non-hydrogen) atoms. The Bertz CT molecular complexity index is 503. The second-order valence-corrected chi connectivity index (χ2v) is 4.91. The van der Waals surface area contributed by atoms with Gasteiger partial charge in [0, 0.05) is 24.4 Å². The Hall–Kier alpha value is -2.08. The van der Waals surface area contributed by atoms with Crippen LogP contribution in [0.1, 0.15) is 36.2 Å². The van der Waals surface area contributed by atoms with Crippen LogP contribution < -0.4 is 16.4 Å². The van der Waals surface area contributed by atoms with Crippen LogP contribution in [0, 0.1) is 6.92 Å². The van der Waals surface area contributed by atoms with Gasteiger partial charge >= 0.3 is 6.03 Å². The van der Waals surface area contributed by atoms with Crippen LogP contribution in [0.5, 0.6) is 0 Å². The molecule has 0 spiro atoms. The van der Waals surface area contributed by atoms with Crippen molar-refractivity contribution in [3.8, 4) is 0 Å². The first kappa shape index (κ1) is 17.0. The number of anilines is 1. The first-order valence-electron chi connectivity index (χ1n) is 7.01. The fourth-order valence-electron chi connectivity index (χ4n) is 1.74. The summed E-state index contributed by atoms with van der Waals surface area (Å²) in [5, 5.41) is 5.47. The third-order valence-electron chi connectivity index (χ3n) is 2.92. The number of carbonyl (C=O) groups excluding carboxylic acids is 2. The van der Waals surface area contributed by atoms with Crippen LogP contribution in [0.3, 0.4) is 0 Å². The number of aryl methyl sites for hydroxylation is 1. The Balaban J connectivity index is 2.49. The molecular weight excluding hydrogens is 270 g/mol. The average molecular weight is 293 g/mol. The van der Waals surface area contributed by atoms with Gasteiger partial charge in [-0.25, -0.2) is 4.79 Å². The molecule has 0 fully saturated rings. The Kier molecular flexibility index (Phi) is 6.68. The average Bonchev–Trinajstić information content (AvgIpc) is 2.44. The van der Waals surface area contributed by atoms with Gasteiger partial charge in [0.2, 0.25) is 5.91 Å². The molecule has 0 heterocycles.